The van der Waals surface area contributed by atoms with Crippen molar-refractivity contribution < 1.29 is 0 Å². The molecule has 2 rings (SSSR count). The van der Waals surface area contributed by atoms with Crippen LogP contribution >= 0.6 is 34.7 Å². The van der Waals surface area contributed by atoms with E-state index in [0.29, 0.717) is 6.04 Å². The number of thiophene rings is 1. The fourth-order valence-electron chi connectivity index (χ4n) is 2.07. The molecule has 0 radical (unpaired) electrons. The van der Waals surface area contributed by atoms with Crippen LogP contribution in [0.1, 0.15) is 29.3 Å². The van der Waals surface area contributed by atoms with E-state index in [1.54, 1.807) is 11.3 Å². The van der Waals surface area contributed by atoms with Crippen molar-refractivity contribution >= 4 is 34.7 Å². The predicted octanol–water partition coefficient (Wildman–Crippen LogP) is 3.73. The van der Waals surface area contributed by atoms with E-state index < -0.39 is 0 Å². The van der Waals surface area contributed by atoms with Crippen LogP contribution in [0.2, 0.25) is 4.34 Å². The van der Waals surface area contributed by atoms with Crippen LogP contribution in [0, 0.1) is 0 Å². The van der Waals surface area contributed by atoms with Crippen molar-refractivity contribution in [2.75, 3.05) is 18.6 Å². The largest absolute Gasteiger partial charge is 0.309 e. The Hall–Kier alpha value is 0.300. The molecule has 0 aromatic carbocycles. The van der Waals surface area contributed by atoms with Gasteiger partial charge in [0.1, 0.15) is 0 Å². The molecule has 1 aromatic rings. The Labute approximate surface area is 105 Å². The van der Waals surface area contributed by atoms with Crippen molar-refractivity contribution in [2.24, 2.45) is 0 Å². The van der Waals surface area contributed by atoms with Crippen LogP contribution in [0.3, 0.4) is 0 Å². The van der Waals surface area contributed by atoms with Gasteiger partial charge in [0.25, 0.3) is 0 Å². The van der Waals surface area contributed by atoms with Crippen LogP contribution in [-0.4, -0.2) is 18.6 Å². The smallest absolute Gasteiger partial charge is 0.0934 e. The molecule has 1 heterocycles. The highest BCUT2D eigenvalue weighted by Gasteiger charge is 2.21. The van der Waals surface area contributed by atoms with Crippen LogP contribution in [0.15, 0.2) is 6.07 Å². The Morgan fingerprint density at radius 3 is 3.33 bits per heavy atom. The molecular weight excluding hydrogens is 246 g/mol. The highest BCUT2D eigenvalue weighted by molar-refractivity contribution is 7.98. The lowest BCUT2D eigenvalue weighted by Crippen LogP contribution is -2.26. The number of rotatable bonds is 4. The van der Waals surface area contributed by atoms with Gasteiger partial charge in [0.2, 0.25) is 0 Å². The molecule has 4 heteroatoms. The minimum absolute atomic E-state index is 0.546. The highest BCUT2D eigenvalue weighted by Crippen LogP contribution is 2.37. The van der Waals surface area contributed by atoms with E-state index in [-0.39, 0.29) is 0 Å². The van der Waals surface area contributed by atoms with Crippen LogP contribution in [-0.2, 0) is 6.42 Å². The summed E-state index contributed by atoms with van der Waals surface area (Å²) in [7, 11) is 0. The zero-order chi connectivity index (χ0) is 10.7. The fraction of sp³-hybridized carbons (Fsp3) is 0.636. The van der Waals surface area contributed by atoms with Crippen LogP contribution in [0.4, 0.5) is 0 Å². The van der Waals surface area contributed by atoms with Gasteiger partial charge in [-0.15, -0.1) is 11.3 Å². The van der Waals surface area contributed by atoms with Gasteiger partial charge in [-0.25, -0.2) is 0 Å². The maximum Gasteiger partial charge on any atom is 0.0934 e. The van der Waals surface area contributed by atoms with Gasteiger partial charge in [0.05, 0.1) is 4.34 Å². The predicted molar refractivity (Wildman–Crippen MR) is 71.4 cm³/mol. The Morgan fingerprint density at radius 1 is 1.67 bits per heavy atom. The van der Waals surface area contributed by atoms with Crippen LogP contribution in [0.25, 0.3) is 0 Å². The van der Waals surface area contributed by atoms with Crippen LogP contribution < -0.4 is 5.32 Å². The molecule has 15 heavy (non-hydrogen) atoms. The monoisotopic (exact) mass is 261 g/mol. The van der Waals surface area contributed by atoms with Gasteiger partial charge < -0.3 is 5.32 Å². The summed E-state index contributed by atoms with van der Waals surface area (Å²) < 4.78 is 0.943. The lowest BCUT2D eigenvalue weighted by atomic mass is 9.94. The second-order valence-corrected chi connectivity index (χ2v) is 6.57. The molecule has 1 unspecified atom stereocenters. The molecule has 1 N–H and O–H groups in total. The van der Waals surface area contributed by atoms with E-state index in [1.165, 1.54) is 35.5 Å². The minimum atomic E-state index is 0.546. The molecular formula is C11H16ClNS2. The Balaban J connectivity index is 2.01. The quantitative estimate of drug-likeness (QED) is 0.829. The van der Waals surface area contributed by atoms with E-state index in [4.69, 9.17) is 11.6 Å². The third-order valence-electron chi connectivity index (χ3n) is 2.78. The molecule has 0 aliphatic heterocycles. The van der Waals surface area contributed by atoms with E-state index in [0.717, 1.165) is 10.9 Å². The van der Waals surface area contributed by atoms with E-state index in [2.05, 4.69) is 17.6 Å². The summed E-state index contributed by atoms with van der Waals surface area (Å²) in [5, 5.41) is 3.62. The summed E-state index contributed by atoms with van der Waals surface area (Å²) >= 11 is 9.71. The number of nitrogens with one attached hydrogen (secondary N) is 1. The molecule has 1 aliphatic rings. The molecule has 0 fully saturated rings. The SMILES string of the molecule is CSCCNC1CCCc2sc(Cl)cc21. The normalized spacial score (nSPS) is 20.3. The molecule has 0 bridgehead atoms. The lowest BCUT2D eigenvalue weighted by molar-refractivity contribution is 0.478. The summed E-state index contributed by atoms with van der Waals surface area (Å²) in [5.41, 5.74) is 1.46. The molecule has 1 aromatic heterocycles. The van der Waals surface area contributed by atoms with Crippen molar-refractivity contribution in [1.29, 1.82) is 0 Å². The average Bonchev–Trinajstić information content (AvgIpc) is 2.59. The van der Waals surface area contributed by atoms with Crippen molar-refractivity contribution in [1.82, 2.24) is 5.32 Å². The Kier molecular flexibility index (Phi) is 4.38. The molecule has 1 atom stereocenters. The maximum absolute atomic E-state index is 6.06. The van der Waals surface area contributed by atoms with Gasteiger partial charge in [-0.2, -0.15) is 11.8 Å². The molecule has 1 nitrogen and oxygen atoms in total. The van der Waals surface area contributed by atoms with E-state index >= 15 is 0 Å². The average molecular weight is 262 g/mol. The van der Waals surface area contributed by atoms with Crippen LogP contribution in [0.5, 0.6) is 0 Å². The Bertz CT molecular complexity index is 324. The first-order valence-electron chi connectivity index (χ1n) is 5.31. The van der Waals surface area contributed by atoms with Gasteiger partial charge in [0.15, 0.2) is 0 Å². The maximum atomic E-state index is 6.06. The highest BCUT2D eigenvalue weighted by atomic mass is 35.5. The number of aryl methyl sites for hydroxylation is 1. The third-order valence-corrected chi connectivity index (χ3v) is 4.73. The zero-order valence-electron chi connectivity index (χ0n) is 8.88. The van der Waals surface area contributed by atoms with Gasteiger partial charge in [-0.05, 0) is 37.1 Å². The van der Waals surface area contributed by atoms with Gasteiger partial charge in [-0.1, -0.05) is 11.6 Å². The molecule has 0 spiro atoms. The number of hydrogen-bond acceptors (Lipinski definition) is 3. The van der Waals surface area contributed by atoms with Crippen molar-refractivity contribution in [3.8, 4) is 0 Å². The second-order valence-electron chi connectivity index (χ2n) is 3.82. The standard InChI is InChI=1S/C11H16ClNS2/c1-14-6-5-13-9-3-2-4-10-8(9)7-11(12)15-10/h7,9,13H,2-6H2,1H3. The van der Waals surface area contributed by atoms with Crippen molar-refractivity contribution in [2.45, 2.75) is 25.3 Å². The van der Waals surface area contributed by atoms with Gasteiger partial charge in [-0.3, -0.25) is 0 Å². The van der Waals surface area contributed by atoms with Crippen molar-refractivity contribution in [3.05, 3.63) is 20.8 Å². The van der Waals surface area contributed by atoms with Gasteiger partial charge in [0, 0.05) is 23.2 Å². The molecule has 84 valence electrons. The lowest BCUT2D eigenvalue weighted by Gasteiger charge is -2.23. The van der Waals surface area contributed by atoms with Gasteiger partial charge >= 0.3 is 0 Å². The number of hydrogen-bond donors (Lipinski definition) is 1. The number of fused-ring (bicyclic) bond motifs is 1. The number of halogens is 1. The Morgan fingerprint density at radius 2 is 2.53 bits per heavy atom. The molecule has 1 aliphatic carbocycles. The summed E-state index contributed by atoms with van der Waals surface area (Å²) in [6.45, 7) is 1.10. The molecule has 0 amide bonds. The minimum Gasteiger partial charge on any atom is -0.309 e. The fourth-order valence-corrected chi connectivity index (χ4v) is 3.77. The molecule has 0 saturated carbocycles. The second kappa shape index (κ2) is 5.58. The summed E-state index contributed by atoms with van der Waals surface area (Å²) in [6.07, 6.45) is 5.91. The van der Waals surface area contributed by atoms with E-state index in [9.17, 15) is 0 Å². The number of thioether (sulfide) groups is 1. The zero-order valence-corrected chi connectivity index (χ0v) is 11.3. The van der Waals surface area contributed by atoms with Crippen molar-refractivity contribution in [3.63, 3.8) is 0 Å². The molecule has 0 saturated heterocycles. The van der Waals surface area contributed by atoms with E-state index in [1.807, 2.05) is 11.8 Å². The first-order chi connectivity index (χ1) is 7.31. The summed E-state index contributed by atoms with van der Waals surface area (Å²) in [4.78, 5) is 1.49. The first-order valence-corrected chi connectivity index (χ1v) is 7.90. The topological polar surface area (TPSA) is 12.0 Å². The first kappa shape index (κ1) is 11.8. The summed E-state index contributed by atoms with van der Waals surface area (Å²) in [5.74, 6) is 1.18. The third kappa shape index (κ3) is 2.90. The summed E-state index contributed by atoms with van der Waals surface area (Å²) in [6, 6.07) is 2.70.